The molecule has 3 rings (SSSR count). The van der Waals surface area contributed by atoms with Crippen LogP contribution in [0.15, 0.2) is 12.3 Å². The molecule has 0 bridgehead atoms. The molecule has 1 aliphatic carbocycles. The number of aromatic nitrogens is 2. The van der Waals surface area contributed by atoms with Gasteiger partial charge in [0, 0.05) is 30.9 Å². The van der Waals surface area contributed by atoms with Gasteiger partial charge in [0.2, 0.25) is 0 Å². The highest BCUT2D eigenvalue weighted by atomic mass is 16.3. The van der Waals surface area contributed by atoms with Gasteiger partial charge in [-0.15, -0.1) is 0 Å². The maximum atomic E-state index is 12.4. The van der Waals surface area contributed by atoms with Crippen molar-refractivity contribution in [1.29, 1.82) is 0 Å². The van der Waals surface area contributed by atoms with Gasteiger partial charge in [0.1, 0.15) is 6.10 Å². The second-order valence-electron chi connectivity index (χ2n) is 6.45. The van der Waals surface area contributed by atoms with E-state index in [2.05, 4.69) is 10.2 Å². The Bertz CT molecular complexity index is 446. The number of hydrogen-bond donors (Lipinski definition) is 2. The number of aliphatic hydroxyl groups is 1. The third-order valence-corrected chi connectivity index (χ3v) is 5.12. The van der Waals surface area contributed by atoms with E-state index in [0.29, 0.717) is 5.92 Å². The molecule has 0 spiro atoms. The fourth-order valence-electron chi connectivity index (χ4n) is 3.74. The molecule has 2 fully saturated rings. The number of amides is 1. The number of H-pyrrole nitrogens is 1. The first-order valence-corrected chi connectivity index (χ1v) is 8.22. The summed E-state index contributed by atoms with van der Waals surface area (Å²) in [7, 11) is 0. The second-order valence-corrected chi connectivity index (χ2v) is 6.45. The van der Waals surface area contributed by atoms with Crippen LogP contribution in [0.4, 0.5) is 0 Å². The third kappa shape index (κ3) is 3.28. The summed E-state index contributed by atoms with van der Waals surface area (Å²) in [6, 6.07) is 2.01. The lowest BCUT2D eigenvalue weighted by Gasteiger charge is -2.35. The largest absolute Gasteiger partial charge is 0.383 e. The van der Waals surface area contributed by atoms with Crippen molar-refractivity contribution in [2.75, 3.05) is 13.1 Å². The number of piperidine rings is 1. The standard InChI is InChI=1S/C16H25N3O2/c20-15(13-4-2-1-3-5-13)16(21)19-10-7-12(8-11-19)14-6-9-17-18-14/h6,9,12-13,15,20H,1-5,7-8,10-11H2,(H,17,18). The Morgan fingerprint density at radius 3 is 2.57 bits per heavy atom. The first-order chi connectivity index (χ1) is 10.3. The molecule has 5 nitrogen and oxygen atoms in total. The van der Waals surface area contributed by atoms with Crippen LogP contribution in [0.25, 0.3) is 0 Å². The second kappa shape index (κ2) is 6.60. The Balaban J connectivity index is 1.52. The van der Waals surface area contributed by atoms with E-state index in [1.54, 1.807) is 6.20 Å². The molecule has 21 heavy (non-hydrogen) atoms. The summed E-state index contributed by atoms with van der Waals surface area (Å²) in [6.07, 6.45) is 8.43. The molecule has 1 aromatic heterocycles. The Morgan fingerprint density at radius 1 is 1.24 bits per heavy atom. The molecule has 1 amide bonds. The van der Waals surface area contributed by atoms with Crippen LogP contribution in [0.2, 0.25) is 0 Å². The Hall–Kier alpha value is -1.36. The average molecular weight is 291 g/mol. The number of nitrogens with zero attached hydrogens (tertiary/aromatic N) is 2. The minimum absolute atomic E-state index is 0.0510. The van der Waals surface area contributed by atoms with E-state index < -0.39 is 6.10 Å². The number of rotatable bonds is 3. The summed E-state index contributed by atoms with van der Waals surface area (Å²) < 4.78 is 0. The minimum Gasteiger partial charge on any atom is -0.383 e. The number of hydrogen-bond acceptors (Lipinski definition) is 3. The van der Waals surface area contributed by atoms with Gasteiger partial charge in [-0.05, 0) is 37.7 Å². The molecule has 1 saturated heterocycles. The van der Waals surface area contributed by atoms with Crippen molar-refractivity contribution in [3.63, 3.8) is 0 Å². The third-order valence-electron chi connectivity index (χ3n) is 5.12. The van der Waals surface area contributed by atoms with Crippen LogP contribution < -0.4 is 0 Å². The lowest BCUT2D eigenvalue weighted by Crippen LogP contribution is -2.46. The lowest BCUT2D eigenvalue weighted by atomic mass is 9.84. The molecule has 2 N–H and O–H groups in total. The van der Waals surface area contributed by atoms with Crippen molar-refractivity contribution in [3.8, 4) is 0 Å². The van der Waals surface area contributed by atoms with E-state index in [9.17, 15) is 9.90 Å². The molecular formula is C16H25N3O2. The zero-order valence-electron chi connectivity index (χ0n) is 12.5. The zero-order valence-corrected chi connectivity index (χ0v) is 12.5. The molecule has 1 unspecified atom stereocenters. The van der Waals surface area contributed by atoms with Crippen LogP contribution in [0.5, 0.6) is 0 Å². The minimum atomic E-state index is -0.783. The number of likely N-dealkylation sites (tertiary alicyclic amines) is 1. The van der Waals surface area contributed by atoms with Gasteiger partial charge in [-0.25, -0.2) is 0 Å². The maximum Gasteiger partial charge on any atom is 0.251 e. The van der Waals surface area contributed by atoms with Gasteiger partial charge < -0.3 is 10.0 Å². The van der Waals surface area contributed by atoms with Gasteiger partial charge >= 0.3 is 0 Å². The molecule has 2 aliphatic rings. The van der Waals surface area contributed by atoms with Crippen molar-refractivity contribution >= 4 is 5.91 Å². The highest BCUT2D eigenvalue weighted by Gasteiger charge is 2.33. The van der Waals surface area contributed by atoms with E-state index in [0.717, 1.165) is 57.3 Å². The highest BCUT2D eigenvalue weighted by Crippen LogP contribution is 2.30. The van der Waals surface area contributed by atoms with Crippen molar-refractivity contribution in [2.24, 2.45) is 5.92 Å². The first-order valence-electron chi connectivity index (χ1n) is 8.22. The predicted octanol–water partition coefficient (Wildman–Crippen LogP) is 2.06. The van der Waals surface area contributed by atoms with E-state index >= 15 is 0 Å². The number of nitrogens with one attached hydrogen (secondary N) is 1. The van der Waals surface area contributed by atoms with Crippen LogP contribution in [-0.2, 0) is 4.79 Å². The molecule has 0 radical (unpaired) electrons. The molecule has 1 saturated carbocycles. The maximum absolute atomic E-state index is 12.4. The number of carbonyl (C=O) groups excluding carboxylic acids is 1. The van der Waals surface area contributed by atoms with Crippen LogP contribution in [-0.4, -0.2) is 45.3 Å². The lowest BCUT2D eigenvalue weighted by molar-refractivity contribution is -0.144. The number of carbonyl (C=O) groups is 1. The van der Waals surface area contributed by atoms with Gasteiger partial charge in [0.15, 0.2) is 0 Å². The average Bonchev–Trinajstić information content (AvgIpc) is 3.09. The number of aliphatic hydroxyl groups excluding tert-OH is 1. The van der Waals surface area contributed by atoms with Crippen molar-refractivity contribution in [1.82, 2.24) is 15.1 Å². The topological polar surface area (TPSA) is 69.2 Å². The van der Waals surface area contributed by atoms with E-state index in [-0.39, 0.29) is 11.8 Å². The van der Waals surface area contributed by atoms with Crippen LogP contribution in [0.1, 0.15) is 56.6 Å². The van der Waals surface area contributed by atoms with Crippen LogP contribution in [0.3, 0.4) is 0 Å². The van der Waals surface area contributed by atoms with E-state index in [1.165, 1.54) is 6.42 Å². The van der Waals surface area contributed by atoms with Crippen molar-refractivity contribution in [2.45, 2.75) is 57.0 Å². The van der Waals surface area contributed by atoms with Crippen molar-refractivity contribution < 1.29 is 9.90 Å². The quantitative estimate of drug-likeness (QED) is 0.895. The molecule has 5 heteroatoms. The summed E-state index contributed by atoms with van der Waals surface area (Å²) in [6.45, 7) is 1.48. The molecule has 116 valence electrons. The van der Waals surface area contributed by atoms with E-state index in [4.69, 9.17) is 0 Å². The summed E-state index contributed by atoms with van der Waals surface area (Å²) in [5, 5.41) is 17.4. The fourth-order valence-corrected chi connectivity index (χ4v) is 3.74. The van der Waals surface area contributed by atoms with Gasteiger partial charge in [0.05, 0.1) is 0 Å². The highest BCUT2D eigenvalue weighted by molar-refractivity contribution is 5.81. The smallest absolute Gasteiger partial charge is 0.251 e. The summed E-state index contributed by atoms with van der Waals surface area (Å²) in [5.41, 5.74) is 1.16. The van der Waals surface area contributed by atoms with Crippen LogP contribution >= 0.6 is 0 Å². The van der Waals surface area contributed by atoms with Crippen LogP contribution in [0, 0.1) is 5.92 Å². The van der Waals surface area contributed by atoms with Crippen molar-refractivity contribution in [3.05, 3.63) is 18.0 Å². The molecule has 1 aromatic rings. The molecule has 1 atom stereocenters. The first kappa shape index (κ1) is 14.6. The SMILES string of the molecule is O=C(C(O)C1CCCCC1)N1CCC(c2ccn[nH]2)CC1. The zero-order chi connectivity index (χ0) is 14.7. The molecule has 0 aromatic carbocycles. The molecule has 1 aliphatic heterocycles. The Morgan fingerprint density at radius 2 is 1.95 bits per heavy atom. The normalized spacial score (nSPS) is 23.2. The van der Waals surface area contributed by atoms with Gasteiger partial charge in [0.25, 0.3) is 5.91 Å². The predicted molar refractivity (Wildman–Crippen MR) is 79.7 cm³/mol. The number of aromatic amines is 1. The van der Waals surface area contributed by atoms with Gasteiger partial charge in [-0.1, -0.05) is 19.3 Å². The molecule has 2 heterocycles. The summed E-state index contributed by atoms with van der Waals surface area (Å²) in [5.74, 6) is 0.588. The summed E-state index contributed by atoms with van der Waals surface area (Å²) >= 11 is 0. The molecular weight excluding hydrogens is 266 g/mol. The van der Waals surface area contributed by atoms with Gasteiger partial charge in [-0.2, -0.15) is 5.10 Å². The van der Waals surface area contributed by atoms with E-state index in [1.807, 2.05) is 11.0 Å². The van der Waals surface area contributed by atoms with Gasteiger partial charge in [-0.3, -0.25) is 9.89 Å². The monoisotopic (exact) mass is 291 g/mol. The fraction of sp³-hybridized carbons (Fsp3) is 0.750. The Kier molecular flexibility index (Phi) is 4.58. The Labute approximate surface area is 125 Å². The summed E-state index contributed by atoms with van der Waals surface area (Å²) in [4.78, 5) is 14.3.